The van der Waals surface area contributed by atoms with E-state index in [1.54, 1.807) is 0 Å². The van der Waals surface area contributed by atoms with E-state index in [1.165, 1.54) is 5.56 Å². The van der Waals surface area contributed by atoms with Gasteiger partial charge in [0.1, 0.15) is 5.75 Å². The van der Waals surface area contributed by atoms with E-state index in [0.717, 1.165) is 23.3 Å². The van der Waals surface area contributed by atoms with Gasteiger partial charge in [-0.1, -0.05) is 30.7 Å². The van der Waals surface area contributed by atoms with E-state index < -0.39 is 0 Å². The predicted molar refractivity (Wildman–Crippen MR) is 81.6 cm³/mol. The Bertz CT molecular complexity index is 597. The lowest BCUT2D eigenvalue weighted by Gasteiger charge is -2.08. The second-order valence-electron chi connectivity index (χ2n) is 5.02. The van der Waals surface area contributed by atoms with E-state index in [1.807, 2.05) is 56.3 Å². The molecule has 20 heavy (non-hydrogen) atoms. The Labute approximate surface area is 120 Å². The van der Waals surface area contributed by atoms with Crippen molar-refractivity contribution in [3.8, 4) is 5.75 Å². The number of hydrogen-bond donors (Lipinski definition) is 0. The molecule has 0 heterocycles. The highest BCUT2D eigenvalue weighted by atomic mass is 16.5. The van der Waals surface area contributed by atoms with Gasteiger partial charge in [0, 0.05) is 11.1 Å². The molecule has 0 atom stereocenters. The molecule has 2 heteroatoms. The number of hydrogen-bond acceptors (Lipinski definition) is 2. The van der Waals surface area contributed by atoms with Crippen LogP contribution in [0.25, 0.3) is 0 Å². The standard InChI is InChI=1S/C18H20O2/c1-4-11-20-16-8-6-15(7-9-16)18(19)17-10-5-13(2)12-14(17)3/h5-10,12H,4,11H2,1-3H3. The maximum Gasteiger partial charge on any atom is 0.193 e. The molecule has 0 radical (unpaired) electrons. The Morgan fingerprint density at radius 3 is 2.35 bits per heavy atom. The van der Waals surface area contributed by atoms with E-state index in [4.69, 9.17) is 4.74 Å². The zero-order valence-electron chi connectivity index (χ0n) is 12.3. The summed E-state index contributed by atoms with van der Waals surface area (Å²) < 4.78 is 5.52. The molecule has 0 aliphatic rings. The minimum absolute atomic E-state index is 0.0598. The third kappa shape index (κ3) is 3.27. The molecule has 104 valence electrons. The van der Waals surface area contributed by atoms with Crippen LogP contribution in [-0.4, -0.2) is 12.4 Å². The van der Waals surface area contributed by atoms with Gasteiger partial charge < -0.3 is 4.74 Å². The molecule has 2 aromatic rings. The van der Waals surface area contributed by atoms with Crippen LogP contribution in [0.4, 0.5) is 0 Å². The molecule has 0 fully saturated rings. The molecule has 0 unspecified atom stereocenters. The van der Waals surface area contributed by atoms with Gasteiger partial charge in [-0.3, -0.25) is 4.79 Å². The first kappa shape index (κ1) is 14.3. The van der Waals surface area contributed by atoms with Crippen LogP contribution in [0, 0.1) is 13.8 Å². The fourth-order valence-corrected chi connectivity index (χ4v) is 2.15. The minimum atomic E-state index is 0.0598. The fourth-order valence-electron chi connectivity index (χ4n) is 2.15. The van der Waals surface area contributed by atoms with Crippen LogP contribution in [0.2, 0.25) is 0 Å². The first-order valence-corrected chi connectivity index (χ1v) is 6.96. The molecular weight excluding hydrogens is 248 g/mol. The molecule has 0 N–H and O–H groups in total. The maximum atomic E-state index is 12.5. The van der Waals surface area contributed by atoms with Crippen molar-refractivity contribution in [1.82, 2.24) is 0 Å². The van der Waals surface area contributed by atoms with Gasteiger partial charge in [-0.15, -0.1) is 0 Å². The Balaban J connectivity index is 2.20. The number of aryl methyl sites for hydroxylation is 2. The Hall–Kier alpha value is -2.09. The second-order valence-corrected chi connectivity index (χ2v) is 5.02. The lowest BCUT2D eigenvalue weighted by atomic mass is 9.97. The predicted octanol–water partition coefficient (Wildman–Crippen LogP) is 4.32. The third-order valence-electron chi connectivity index (χ3n) is 3.22. The lowest BCUT2D eigenvalue weighted by molar-refractivity contribution is 0.103. The van der Waals surface area contributed by atoms with E-state index in [0.29, 0.717) is 12.2 Å². The van der Waals surface area contributed by atoms with Crippen molar-refractivity contribution >= 4 is 5.78 Å². The number of carbonyl (C=O) groups is 1. The minimum Gasteiger partial charge on any atom is -0.494 e. The SMILES string of the molecule is CCCOc1ccc(C(=O)c2ccc(C)cc2C)cc1. The van der Waals surface area contributed by atoms with Crippen molar-refractivity contribution < 1.29 is 9.53 Å². The zero-order chi connectivity index (χ0) is 14.5. The highest BCUT2D eigenvalue weighted by molar-refractivity contribution is 6.09. The summed E-state index contributed by atoms with van der Waals surface area (Å²) in [6.07, 6.45) is 0.975. The molecule has 2 aromatic carbocycles. The summed E-state index contributed by atoms with van der Waals surface area (Å²) in [6.45, 7) is 6.77. The van der Waals surface area contributed by atoms with Gasteiger partial charge in [-0.05, 0) is 50.1 Å². The summed E-state index contributed by atoms with van der Waals surface area (Å²) in [5.74, 6) is 0.869. The first-order valence-electron chi connectivity index (χ1n) is 6.96. The second kappa shape index (κ2) is 6.38. The maximum absolute atomic E-state index is 12.5. The summed E-state index contributed by atoms with van der Waals surface area (Å²) in [4.78, 5) is 12.5. The first-order chi connectivity index (χ1) is 9.61. The van der Waals surface area contributed by atoms with E-state index in [-0.39, 0.29) is 5.78 Å². The van der Waals surface area contributed by atoms with Crippen molar-refractivity contribution in [2.75, 3.05) is 6.61 Å². The molecule has 0 saturated carbocycles. The zero-order valence-corrected chi connectivity index (χ0v) is 12.3. The van der Waals surface area contributed by atoms with E-state index in [9.17, 15) is 4.79 Å². The van der Waals surface area contributed by atoms with Crippen LogP contribution >= 0.6 is 0 Å². The van der Waals surface area contributed by atoms with Gasteiger partial charge >= 0.3 is 0 Å². The Kier molecular flexibility index (Phi) is 4.57. The van der Waals surface area contributed by atoms with Gasteiger partial charge in [0.25, 0.3) is 0 Å². The summed E-state index contributed by atoms with van der Waals surface area (Å²) >= 11 is 0. The summed E-state index contributed by atoms with van der Waals surface area (Å²) in [6, 6.07) is 13.3. The topological polar surface area (TPSA) is 26.3 Å². The molecule has 0 saturated heterocycles. The van der Waals surface area contributed by atoms with Crippen molar-refractivity contribution in [3.63, 3.8) is 0 Å². The number of ether oxygens (including phenoxy) is 1. The molecule has 0 bridgehead atoms. The number of carbonyl (C=O) groups excluding carboxylic acids is 1. The normalized spacial score (nSPS) is 10.3. The van der Waals surface area contributed by atoms with Crippen LogP contribution < -0.4 is 4.74 Å². The van der Waals surface area contributed by atoms with Crippen LogP contribution in [0.15, 0.2) is 42.5 Å². The van der Waals surface area contributed by atoms with Gasteiger partial charge in [-0.25, -0.2) is 0 Å². The molecule has 0 amide bonds. The van der Waals surface area contributed by atoms with Crippen molar-refractivity contribution in [1.29, 1.82) is 0 Å². The lowest BCUT2D eigenvalue weighted by Crippen LogP contribution is -2.04. The third-order valence-corrected chi connectivity index (χ3v) is 3.22. The van der Waals surface area contributed by atoms with Crippen molar-refractivity contribution in [2.45, 2.75) is 27.2 Å². The number of ketones is 1. The number of rotatable bonds is 5. The molecule has 2 rings (SSSR count). The molecule has 2 nitrogen and oxygen atoms in total. The molecular formula is C18H20O2. The highest BCUT2D eigenvalue weighted by Gasteiger charge is 2.11. The monoisotopic (exact) mass is 268 g/mol. The quantitative estimate of drug-likeness (QED) is 0.755. The average molecular weight is 268 g/mol. The van der Waals surface area contributed by atoms with Crippen LogP contribution in [0.5, 0.6) is 5.75 Å². The Morgan fingerprint density at radius 2 is 1.75 bits per heavy atom. The highest BCUT2D eigenvalue weighted by Crippen LogP contribution is 2.18. The van der Waals surface area contributed by atoms with Gasteiger partial charge in [0.15, 0.2) is 5.78 Å². The molecule has 0 aromatic heterocycles. The average Bonchev–Trinajstić information content (AvgIpc) is 2.45. The van der Waals surface area contributed by atoms with Crippen molar-refractivity contribution in [2.24, 2.45) is 0 Å². The largest absolute Gasteiger partial charge is 0.494 e. The van der Waals surface area contributed by atoms with Crippen LogP contribution in [-0.2, 0) is 0 Å². The summed E-state index contributed by atoms with van der Waals surface area (Å²) in [5, 5.41) is 0. The van der Waals surface area contributed by atoms with Gasteiger partial charge in [0.2, 0.25) is 0 Å². The molecule has 0 spiro atoms. The summed E-state index contributed by atoms with van der Waals surface area (Å²) in [7, 11) is 0. The summed E-state index contributed by atoms with van der Waals surface area (Å²) in [5.41, 5.74) is 3.64. The fraction of sp³-hybridized carbons (Fsp3) is 0.278. The van der Waals surface area contributed by atoms with Gasteiger partial charge in [0.05, 0.1) is 6.61 Å². The smallest absolute Gasteiger partial charge is 0.193 e. The van der Waals surface area contributed by atoms with Crippen molar-refractivity contribution in [3.05, 3.63) is 64.7 Å². The van der Waals surface area contributed by atoms with Gasteiger partial charge in [-0.2, -0.15) is 0 Å². The molecule has 0 aliphatic carbocycles. The van der Waals surface area contributed by atoms with E-state index in [2.05, 4.69) is 6.92 Å². The molecule has 0 aliphatic heterocycles. The Morgan fingerprint density at radius 1 is 1.05 bits per heavy atom. The van der Waals surface area contributed by atoms with Crippen LogP contribution in [0.1, 0.15) is 40.4 Å². The van der Waals surface area contributed by atoms with E-state index >= 15 is 0 Å². The number of benzene rings is 2. The van der Waals surface area contributed by atoms with Crippen LogP contribution in [0.3, 0.4) is 0 Å².